The van der Waals surface area contributed by atoms with Crippen molar-refractivity contribution in [3.63, 3.8) is 0 Å². The van der Waals surface area contributed by atoms with Crippen LogP contribution in [0.4, 0.5) is 4.39 Å². The number of aromatic nitrogens is 1. The van der Waals surface area contributed by atoms with Crippen molar-refractivity contribution in [1.29, 1.82) is 0 Å². The fourth-order valence-electron chi connectivity index (χ4n) is 2.80. The fraction of sp³-hybridized carbons (Fsp3) is 0.312. The number of carbonyl (C=O) groups is 2. The summed E-state index contributed by atoms with van der Waals surface area (Å²) in [6.07, 6.45) is -0.129. The fourth-order valence-corrected chi connectivity index (χ4v) is 3.16. The highest BCUT2D eigenvalue weighted by Gasteiger charge is 2.48. The number of amides is 1. The van der Waals surface area contributed by atoms with Crippen LogP contribution in [0.25, 0.3) is 10.9 Å². The summed E-state index contributed by atoms with van der Waals surface area (Å²) in [7, 11) is 1.10. The van der Waals surface area contributed by atoms with Crippen molar-refractivity contribution in [3.8, 4) is 0 Å². The molecule has 1 amide bonds. The third-order valence-corrected chi connectivity index (χ3v) is 4.57. The number of rotatable bonds is 2. The van der Waals surface area contributed by atoms with Crippen molar-refractivity contribution in [3.05, 3.63) is 44.7 Å². The number of benzene rings is 1. The molecular formula is C16H14BrFN2O4. The largest absolute Gasteiger partial charge is 0.467 e. The van der Waals surface area contributed by atoms with Gasteiger partial charge in [-0.2, -0.15) is 0 Å². The molecule has 0 unspecified atom stereocenters. The lowest BCUT2D eigenvalue weighted by atomic mass is 10.1. The van der Waals surface area contributed by atoms with Crippen LogP contribution < -0.4 is 5.43 Å². The van der Waals surface area contributed by atoms with Gasteiger partial charge in [-0.15, -0.1) is 0 Å². The van der Waals surface area contributed by atoms with Crippen molar-refractivity contribution >= 4 is 38.7 Å². The second-order valence-electron chi connectivity index (χ2n) is 5.67. The molecule has 3 rings (SSSR count). The molecular weight excluding hydrogens is 383 g/mol. The van der Waals surface area contributed by atoms with Crippen LogP contribution in [0.3, 0.4) is 0 Å². The third-order valence-electron chi connectivity index (χ3n) is 4.08. The van der Waals surface area contributed by atoms with Gasteiger partial charge in [-0.25, -0.2) is 9.18 Å². The quantitative estimate of drug-likeness (QED) is 0.787. The van der Waals surface area contributed by atoms with Crippen LogP contribution in [-0.2, 0) is 9.53 Å². The van der Waals surface area contributed by atoms with E-state index >= 15 is 0 Å². The van der Waals surface area contributed by atoms with Crippen LogP contribution in [0.5, 0.6) is 0 Å². The van der Waals surface area contributed by atoms with E-state index in [-0.39, 0.29) is 30.6 Å². The maximum Gasteiger partial charge on any atom is 0.345 e. The maximum absolute atomic E-state index is 14.5. The number of H-pyrrole nitrogens is 1. The number of nitrogens with one attached hydrogen (secondary N) is 1. The van der Waals surface area contributed by atoms with E-state index in [0.29, 0.717) is 10.9 Å². The lowest BCUT2D eigenvalue weighted by molar-refractivity contribution is -0.153. The zero-order chi connectivity index (χ0) is 17.5. The number of halogens is 2. The highest BCUT2D eigenvalue weighted by atomic mass is 79.9. The topological polar surface area (TPSA) is 79.5 Å². The van der Waals surface area contributed by atoms with E-state index in [1.165, 1.54) is 11.0 Å². The van der Waals surface area contributed by atoms with Crippen LogP contribution in [0.1, 0.15) is 16.9 Å². The molecule has 1 aromatic heterocycles. The lowest BCUT2D eigenvalue weighted by Gasteiger charge is -2.19. The number of hydrogen-bond donors (Lipinski definition) is 1. The molecule has 1 N–H and O–H groups in total. The minimum atomic E-state index is -2.20. The molecule has 0 aliphatic carbocycles. The number of carbonyl (C=O) groups excluding carboxylic acids is 2. The van der Waals surface area contributed by atoms with Crippen LogP contribution in [-0.4, -0.2) is 47.6 Å². The highest BCUT2D eigenvalue weighted by Crippen LogP contribution is 2.28. The standard InChI is InChI=1S/C16H14BrFN2O4/c1-24-15(23)16(18)4-5-20(8-16)14(22)12-7-13(21)10-6-9(17)2-3-11(10)19-12/h2-3,6-7H,4-5,8H2,1H3,(H,19,21)/t16-/m1/s1. The van der Waals surface area contributed by atoms with Gasteiger partial charge >= 0.3 is 5.97 Å². The van der Waals surface area contributed by atoms with Crippen molar-refractivity contribution in [1.82, 2.24) is 9.88 Å². The molecule has 1 aliphatic rings. The Bertz CT molecular complexity index is 897. The Morgan fingerprint density at radius 2 is 2.12 bits per heavy atom. The minimum Gasteiger partial charge on any atom is -0.467 e. The number of hydrogen-bond acceptors (Lipinski definition) is 4. The number of pyridine rings is 1. The van der Waals surface area contributed by atoms with Crippen molar-refractivity contribution in [2.75, 3.05) is 20.2 Å². The Balaban J connectivity index is 1.91. The monoisotopic (exact) mass is 396 g/mol. The molecule has 0 bridgehead atoms. The number of likely N-dealkylation sites (tertiary alicyclic amines) is 1. The Morgan fingerprint density at radius 1 is 1.38 bits per heavy atom. The molecule has 1 fully saturated rings. The first-order chi connectivity index (χ1) is 11.3. The lowest BCUT2D eigenvalue weighted by Crippen LogP contribution is -2.40. The molecule has 2 aromatic rings. The number of alkyl halides is 1. The normalized spacial score (nSPS) is 20.4. The molecule has 0 spiro atoms. The second-order valence-corrected chi connectivity index (χ2v) is 6.59. The smallest absolute Gasteiger partial charge is 0.345 e. The van der Waals surface area contributed by atoms with E-state index in [0.717, 1.165) is 11.6 Å². The van der Waals surface area contributed by atoms with Crippen molar-refractivity contribution < 1.29 is 18.7 Å². The zero-order valence-electron chi connectivity index (χ0n) is 12.8. The number of fused-ring (bicyclic) bond motifs is 1. The van der Waals surface area contributed by atoms with Gasteiger partial charge in [0.15, 0.2) is 5.43 Å². The molecule has 1 atom stereocenters. The number of aromatic amines is 1. The molecule has 2 heterocycles. The summed E-state index contributed by atoms with van der Waals surface area (Å²) in [5.41, 5.74) is -1.95. The first kappa shape index (κ1) is 16.6. The summed E-state index contributed by atoms with van der Waals surface area (Å²) in [5, 5.41) is 0.441. The molecule has 0 radical (unpaired) electrons. The van der Waals surface area contributed by atoms with Crippen LogP contribution in [0.15, 0.2) is 33.5 Å². The number of esters is 1. The van der Waals surface area contributed by atoms with Crippen LogP contribution >= 0.6 is 15.9 Å². The number of nitrogens with zero attached hydrogens (tertiary/aromatic N) is 1. The number of ether oxygens (including phenoxy) is 1. The second kappa shape index (κ2) is 6.01. The van der Waals surface area contributed by atoms with Gasteiger partial charge in [0.05, 0.1) is 13.7 Å². The molecule has 8 heteroatoms. The molecule has 6 nitrogen and oxygen atoms in total. The van der Waals surface area contributed by atoms with Gasteiger partial charge in [-0.3, -0.25) is 9.59 Å². The minimum absolute atomic E-state index is 0.0592. The van der Waals surface area contributed by atoms with Gasteiger partial charge in [-0.05, 0) is 18.2 Å². The van der Waals surface area contributed by atoms with E-state index in [2.05, 4.69) is 25.7 Å². The Morgan fingerprint density at radius 3 is 2.83 bits per heavy atom. The first-order valence-electron chi connectivity index (χ1n) is 7.23. The Kier molecular flexibility index (Phi) is 4.16. The van der Waals surface area contributed by atoms with Gasteiger partial charge < -0.3 is 14.6 Å². The molecule has 24 heavy (non-hydrogen) atoms. The summed E-state index contributed by atoms with van der Waals surface area (Å²) in [6, 6.07) is 6.26. The van der Waals surface area contributed by atoms with Gasteiger partial charge in [-0.1, -0.05) is 15.9 Å². The summed E-state index contributed by atoms with van der Waals surface area (Å²) in [6.45, 7) is -0.316. The predicted molar refractivity (Wildman–Crippen MR) is 88.6 cm³/mol. The average Bonchev–Trinajstić information content (AvgIpc) is 2.97. The van der Waals surface area contributed by atoms with Gasteiger partial charge in [0.25, 0.3) is 5.91 Å². The SMILES string of the molecule is COC(=O)[C@@]1(F)CCN(C(=O)c2cc(=O)c3cc(Br)ccc3[nH]2)C1. The molecule has 1 aromatic carbocycles. The van der Waals surface area contributed by atoms with E-state index < -0.39 is 17.5 Å². The molecule has 1 saturated heterocycles. The van der Waals surface area contributed by atoms with E-state index in [1.807, 2.05) is 0 Å². The number of methoxy groups -OCH3 is 1. The predicted octanol–water partition coefficient (Wildman–Crippen LogP) is 2.02. The van der Waals surface area contributed by atoms with Gasteiger partial charge in [0.2, 0.25) is 5.67 Å². The van der Waals surface area contributed by atoms with Crippen LogP contribution in [0, 0.1) is 0 Å². The molecule has 0 saturated carbocycles. The van der Waals surface area contributed by atoms with Gasteiger partial charge in [0, 0.05) is 34.4 Å². The highest BCUT2D eigenvalue weighted by molar-refractivity contribution is 9.10. The molecule has 1 aliphatic heterocycles. The van der Waals surface area contributed by atoms with Crippen molar-refractivity contribution in [2.45, 2.75) is 12.1 Å². The van der Waals surface area contributed by atoms with Crippen LogP contribution in [0.2, 0.25) is 0 Å². The Labute approximate surface area is 144 Å². The average molecular weight is 397 g/mol. The van der Waals surface area contributed by atoms with E-state index in [1.54, 1.807) is 18.2 Å². The summed E-state index contributed by atoms with van der Waals surface area (Å²) in [4.78, 5) is 40.3. The summed E-state index contributed by atoms with van der Waals surface area (Å²) < 4.78 is 19.7. The molecule has 126 valence electrons. The first-order valence-corrected chi connectivity index (χ1v) is 8.02. The van der Waals surface area contributed by atoms with E-state index in [9.17, 15) is 18.8 Å². The Hall–Kier alpha value is -2.22. The zero-order valence-corrected chi connectivity index (χ0v) is 14.4. The van der Waals surface area contributed by atoms with E-state index in [4.69, 9.17) is 0 Å². The van der Waals surface area contributed by atoms with Gasteiger partial charge in [0.1, 0.15) is 5.69 Å². The maximum atomic E-state index is 14.5. The third kappa shape index (κ3) is 2.82. The summed E-state index contributed by atoms with van der Waals surface area (Å²) >= 11 is 3.29. The van der Waals surface area contributed by atoms with Crippen molar-refractivity contribution in [2.24, 2.45) is 0 Å². The summed E-state index contributed by atoms with van der Waals surface area (Å²) in [5.74, 6) is -1.52.